The predicted octanol–water partition coefficient (Wildman–Crippen LogP) is 3.23. The predicted molar refractivity (Wildman–Crippen MR) is 73.5 cm³/mol. The minimum absolute atomic E-state index is 0.238. The van der Waals surface area contributed by atoms with Crippen molar-refractivity contribution < 1.29 is 12.8 Å². The highest BCUT2D eigenvalue weighted by Crippen LogP contribution is 2.22. The van der Waals surface area contributed by atoms with Crippen molar-refractivity contribution in [3.8, 4) is 0 Å². The summed E-state index contributed by atoms with van der Waals surface area (Å²) < 4.78 is 32.0. The Bertz CT molecular complexity index is 807. The molecule has 0 aliphatic rings. The summed E-state index contributed by atoms with van der Waals surface area (Å²) in [5.41, 5.74) is 1.24. The Labute approximate surface area is 110 Å². The van der Waals surface area contributed by atoms with Crippen molar-refractivity contribution in [2.24, 2.45) is 0 Å². The standard InChI is InChI=1S/C14H11NO3S/c16-19(17,13-4-2-1-3-5-13)15-12-6-7-14-11(10-12)8-9-18-14/h1-10,15H. The molecule has 3 aromatic rings. The Morgan fingerprint density at radius 2 is 1.74 bits per heavy atom. The first-order chi connectivity index (χ1) is 9.15. The van der Waals surface area contributed by atoms with Gasteiger partial charge in [-0.1, -0.05) is 18.2 Å². The molecule has 96 valence electrons. The molecule has 0 unspecified atom stereocenters. The fraction of sp³-hybridized carbons (Fsp3) is 0. The maximum Gasteiger partial charge on any atom is 0.261 e. The van der Waals surface area contributed by atoms with Gasteiger partial charge < -0.3 is 4.42 Å². The Morgan fingerprint density at radius 3 is 2.53 bits per heavy atom. The minimum Gasteiger partial charge on any atom is -0.464 e. The molecule has 19 heavy (non-hydrogen) atoms. The summed E-state index contributed by atoms with van der Waals surface area (Å²) in [7, 11) is -3.55. The molecule has 0 amide bonds. The number of anilines is 1. The number of rotatable bonds is 3. The van der Waals surface area contributed by atoms with Gasteiger partial charge in [0.1, 0.15) is 5.58 Å². The summed E-state index contributed by atoms with van der Waals surface area (Å²) in [5, 5.41) is 0.855. The van der Waals surface area contributed by atoms with E-state index in [1.54, 1.807) is 60.9 Å². The number of benzene rings is 2. The highest BCUT2D eigenvalue weighted by molar-refractivity contribution is 7.92. The summed E-state index contributed by atoms with van der Waals surface area (Å²) in [6.45, 7) is 0. The number of sulfonamides is 1. The molecular formula is C14H11NO3S. The first kappa shape index (κ1) is 11.8. The zero-order chi connectivity index (χ0) is 13.3. The van der Waals surface area contributed by atoms with Crippen molar-refractivity contribution in [3.63, 3.8) is 0 Å². The van der Waals surface area contributed by atoms with Crippen molar-refractivity contribution in [1.82, 2.24) is 0 Å². The molecule has 0 fully saturated rings. The quantitative estimate of drug-likeness (QED) is 0.797. The van der Waals surface area contributed by atoms with Gasteiger partial charge in [0.25, 0.3) is 10.0 Å². The fourth-order valence-electron chi connectivity index (χ4n) is 1.84. The van der Waals surface area contributed by atoms with E-state index < -0.39 is 10.0 Å². The topological polar surface area (TPSA) is 59.3 Å². The first-order valence-corrected chi connectivity index (χ1v) is 7.19. The summed E-state index contributed by atoms with van der Waals surface area (Å²) in [6, 6.07) is 15.2. The van der Waals surface area contributed by atoms with E-state index in [9.17, 15) is 8.42 Å². The zero-order valence-corrected chi connectivity index (χ0v) is 10.7. The number of hydrogen-bond acceptors (Lipinski definition) is 3. The minimum atomic E-state index is -3.55. The van der Waals surface area contributed by atoms with E-state index in [1.807, 2.05) is 0 Å². The molecular weight excluding hydrogens is 262 g/mol. The molecule has 0 radical (unpaired) electrons. The van der Waals surface area contributed by atoms with Crippen LogP contribution in [0.25, 0.3) is 11.0 Å². The number of furan rings is 1. The van der Waals surface area contributed by atoms with E-state index in [-0.39, 0.29) is 4.90 Å². The Hall–Kier alpha value is -2.27. The molecule has 5 heteroatoms. The van der Waals surface area contributed by atoms with E-state index in [2.05, 4.69) is 4.72 Å². The highest BCUT2D eigenvalue weighted by Gasteiger charge is 2.13. The molecule has 4 nitrogen and oxygen atoms in total. The molecule has 0 saturated carbocycles. The summed E-state index contributed by atoms with van der Waals surface area (Å²) in [6.07, 6.45) is 1.57. The second kappa shape index (κ2) is 4.44. The SMILES string of the molecule is O=S(=O)(Nc1ccc2occc2c1)c1ccccc1. The van der Waals surface area contributed by atoms with E-state index in [0.717, 1.165) is 11.0 Å². The van der Waals surface area contributed by atoms with Gasteiger partial charge in [0.15, 0.2) is 0 Å². The van der Waals surface area contributed by atoms with Crippen LogP contribution >= 0.6 is 0 Å². The van der Waals surface area contributed by atoms with Gasteiger partial charge >= 0.3 is 0 Å². The molecule has 3 rings (SSSR count). The van der Waals surface area contributed by atoms with E-state index in [0.29, 0.717) is 5.69 Å². The van der Waals surface area contributed by atoms with Crippen LogP contribution in [0.3, 0.4) is 0 Å². The van der Waals surface area contributed by atoms with Crippen LogP contribution in [0.2, 0.25) is 0 Å². The van der Waals surface area contributed by atoms with Crippen LogP contribution in [-0.2, 0) is 10.0 Å². The monoisotopic (exact) mass is 273 g/mol. The van der Waals surface area contributed by atoms with Crippen LogP contribution in [0, 0.1) is 0 Å². The lowest BCUT2D eigenvalue weighted by Gasteiger charge is -2.07. The second-order valence-electron chi connectivity index (χ2n) is 4.09. The number of fused-ring (bicyclic) bond motifs is 1. The van der Waals surface area contributed by atoms with E-state index >= 15 is 0 Å². The maximum absolute atomic E-state index is 12.1. The van der Waals surface area contributed by atoms with Gasteiger partial charge in [-0.2, -0.15) is 0 Å². The molecule has 0 atom stereocenters. The molecule has 0 saturated heterocycles. The molecule has 0 bridgehead atoms. The van der Waals surface area contributed by atoms with Crippen molar-refractivity contribution in [1.29, 1.82) is 0 Å². The molecule has 0 aliphatic carbocycles. The lowest BCUT2D eigenvalue weighted by atomic mass is 10.2. The lowest BCUT2D eigenvalue weighted by Crippen LogP contribution is -2.12. The van der Waals surface area contributed by atoms with Crippen molar-refractivity contribution in [2.75, 3.05) is 4.72 Å². The molecule has 0 aliphatic heterocycles. The third-order valence-corrected chi connectivity index (χ3v) is 4.16. The summed E-state index contributed by atoms with van der Waals surface area (Å²) in [5.74, 6) is 0. The lowest BCUT2D eigenvalue weighted by molar-refractivity contribution is 0.601. The van der Waals surface area contributed by atoms with E-state index in [1.165, 1.54) is 0 Å². The normalized spacial score (nSPS) is 11.6. The third-order valence-electron chi connectivity index (χ3n) is 2.76. The van der Waals surface area contributed by atoms with Gasteiger partial charge in [-0.15, -0.1) is 0 Å². The largest absolute Gasteiger partial charge is 0.464 e. The van der Waals surface area contributed by atoms with Crippen molar-refractivity contribution in [2.45, 2.75) is 4.90 Å². The first-order valence-electron chi connectivity index (χ1n) is 5.70. The van der Waals surface area contributed by atoms with Gasteiger partial charge in [-0.25, -0.2) is 8.42 Å². The van der Waals surface area contributed by atoms with Crippen LogP contribution < -0.4 is 4.72 Å². The zero-order valence-electron chi connectivity index (χ0n) is 9.91. The smallest absolute Gasteiger partial charge is 0.261 e. The maximum atomic E-state index is 12.1. The molecule has 2 aromatic carbocycles. The molecule has 1 heterocycles. The van der Waals surface area contributed by atoms with E-state index in [4.69, 9.17) is 4.42 Å². The highest BCUT2D eigenvalue weighted by atomic mass is 32.2. The summed E-state index contributed by atoms with van der Waals surface area (Å²) in [4.78, 5) is 0.238. The number of nitrogens with one attached hydrogen (secondary N) is 1. The number of hydrogen-bond donors (Lipinski definition) is 1. The van der Waals surface area contributed by atoms with Crippen LogP contribution in [0.5, 0.6) is 0 Å². The molecule has 0 spiro atoms. The average molecular weight is 273 g/mol. The van der Waals surface area contributed by atoms with Gasteiger partial charge in [0.05, 0.1) is 11.2 Å². The van der Waals surface area contributed by atoms with Crippen molar-refractivity contribution >= 4 is 26.7 Å². The van der Waals surface area contributed by atoms with Gasteiger partial charge in [0.2, 0.25) is 0 Å². The Balaban J connectivity index is 1.96. The molecule has 1 aromatic heterocycles. The van der Waals surface area contributed by atoms with Crippen LogP contribution in [0.4, 0.5) is 5.69 Å². The molecule has 1 N–H and O–H groups in total. The summed E-state index contributed by atoms with van der Waals surface area (Å²) >= 11 is 0. The van der Waals surface area contributed by atoms with Gasteiger partial charge in [0, 0.05) is 11.1 Å². The Kier molecular flexibility index (Phi) is 2.76. The average Bonchev–Trinajstić information content (AvgIpc) is 2.87. The van der Waals surface area contributed by atoms with Crippen LogP contribution in [-0.4, -0.2) is 8.42 Å². The van der Waals surface area contributed by atoms with Gasteiger partial charge in [-0.3, -0.25) is 4.72 Å². The fourth-order valence-corrected chi connectivity index (χ4v) is 2.91. The van der Waals surface area contributed by atoms with Crippen LogP contribution in [0.1, 0.15) is 0 Å². The second-order valence-corrected chi connectivity index (χ2v) is 5.77. The van der Waals surface area contributed by atoms with Crippen molar-refractivity contribution in [3.05, 3.63) is 60.9 Å². The van der Waals surface area contributed by atoms with Crippen LogP contribution in [0.15, 0.2) is 70.2 Å². The Morgan fingerprint density at radius 1 is 0.947 bits per heavy atom. The third kappa shape index (κ3) is 2.32. The van der Waals surface area contributed by atoms with Gasteiger partial charge in [-0.05, 0) is 36.4 Å².